The Morgan fingerprint density at radius 2 is 1.65 bits per heavy atom. The van der Waals surface area contributed by atoms with E-state index < -0.39 is 0 Å². The molecule has 5 heteroatoms. The van der Waals surface area contributed by atoms with E-state index in [1.807, 2.05) is 30.5 Å². The fraction of sp³-hybridized carbons (Fsp3) is 0.276. The van der Waals surface area contributed by atoms with Crippen molar-refractivity contribution in [3.05, 3.63) is 93.4 Å². The Morgan fingerprint density at radius 1 is 0.941 bits per heavy atom. The summed E-state index contributed by atoms with van der Waals surface area (Å²) in [6, 6.07) is 18.4. The highest BCUT2D eigenvalue weighted by atomic mass is 16.5. The fourth-order valence-electron chi connectivity index (χ4n) is 5.16. The van der Waals surface area contributed by atoms with Crippen LogP contribution in [0.5, 0.6) is 11.5 Å². The quantitative estimate of drug-likeness (QED) is 0.421. The lowest BCUT2D eigenvalue weighted by molar-refractivity contribution is 0.237. The molecule has 1 aliphatic heterocycles. The molecular formula is C29H30N2O3. The number of ether oxygens (including phenoxy) is 2. The van der Waals surface area contributed by atoms with Gasteiger partial charge in [0.15, 0.2) is 0 Å². The monoisotopic (exact) mass is 454 g/mol. The van der Waals surface area contributed by atoms with E-state index in [2.05, 4.69) is 42.2 Å². The minimum atomic E-state index is -0.00415. The largest absolute Gasteiger partial charge is 0.496 e. The molecule has 0 amide bonds. The van der Waals surface area contributed by atoms with Crippen LogP contribution in [-0.2, 0) is 26.6 Å². The van der Waals surface area contributed by atoms with Crippen molar-refractivity contribution in [2.75, 3.05) is 20.8 Å². The number of fused-ring (bicyclic) bond motifs is 2. The molecule has 174 valence electrons. The molecule has 0 spiro atoms. The van der Waals surface area contributed by atoms with Crippen LogP contribution in [0, 0.1) is 6.92 Å². The van der Waals surface area contributed by atoms with Gasteiger partial charge in [0.05, 0.1) is 19.8 Å². The van der Waals surface area contributed by atoms with Gasteiger partial charge in [0.1, 0.15) is 11.5 Å². The van der Waals surface area contributed by atoms with Crippen LogP contribution >= 0.6 is 0 Å². The molecule has 5 rings (SSSR count). The first-order valence-corrected chi connectivity index (χ1v) is 11.6. The molecular weight excluding hydrogens is 424 g/mol. The van der Waals surface area contributed by atoms with Crippen molar-refractivity contribution in [2.24, 2.45) is 7.05 Å². The molecule has 0 fully saturated rings. The maximum Gasteiger partial charge on any atom is 0.258 e. The second-order valence-electron chi connectivity index (χ2n) is 9.04. The van der Waals surface area contributed by atoms with E-state index >= 15 is 0 Å². The SMILES string of the molecule is COc1cc(-c2cn(C)c(=O)c3ccccc23)cc(OC)c1CN1CCc2c(C)cccc2C1. The Morgan fingerprint density at radius 3 is 2.35 bits per heavy atom. The van der Waals surface area contributed by atoms with E-state index in [9.17, 15) is 4.79 Å². The van der Waals surface area contributed by atoms with Crippen molar-refractivity contribution in [1.82, 2.24) is 9.47 Å². The van der Waals surface area contributed by atoms with Crippen molar-refractivity contribution in [3.63, 3.8) is 0 Å². The number of aromatic nitrogens is 1. The number of benzene rings is 3. The predicted molar refractivity (Wildman–Crippen MR) is 137 cm³/mol. The van der Waals surface area contributed by atoms with Crippen molar-refractivity contribution >= 4 is 10.8 Å². The number of aryl methyl sites for hydroxylation is 2. The van der Waals surface area contributed by atoms with Crippen LogP contribution in [0.1, 0.15) is 22.3 Å². The van der Waals surface area contributed by atoms with Crippen molar-refractivity contribution in [1.29, 1.82) is 0 Å². The summed E-state index contributed by atoms with van der Waals surface area (Å²) in [7, 11) is 5.20. The highest BCUT2D eigenvalue weighted by molar-refractivity contribution is 5.96. The van der Waals surface area contributed by atoms with Gasteiger partial charge >= 0.3 is 0 Å². The second kappa shape index (κ2) is 8.99. The zero-order chi connectivity index (χ0) is 23.8. The maximum atomic E-state index is 12.7. The third-order valence-electron chi connectivity index (χ3n) is 6.97. The van der Waals surface area contributed by atoms with E-state index in [1.165, 1.54) is 16.7 Å². The minimum Gasteiger partial charge on any atom is -0.496 e. The third-order valence-corrected chi connectivity index (χ3v) is 6.97. The first-order chi connectivity index (χ1) is 16.5. The molecule has 0 aliphatic carbocycles. The van der Waals surface area contributed by atoms with Crippen LogP contribution in [-0.4, -0.2) is 30.2 Å². The minimum absolute atomic E-state index is 0.00415. The lowest BCUT2D eigenvalue weighted by Crippen LogP contribution is -2.30. The van der Waals surface area contributed by atoms with Gasteiger partial charge in [0, 0.05) is 43.8 Å². The highest BCUT2D eigenvalue weighted by Crippen LogP contribution is 2.38. The summed E-state index contributed by atoms with van der Waals surface area (Å²) < 4.78 is 13.4. The fourth-order valence-corrected chi connectivity index (χ4v) is 5.16. The van der Waals surface area contributed by atoms with Gasteiger partial charge in [-0.15, -0.1) is 0 Å². The summed E-state index contributed by atoms with van der Waals surface area (Å²) in [5.74, 6) is 1.59. The lowest BCUT2D eigenvalue weighted by atomic mass is 9.94. The van der Waals surface area contributed by atoms with Crippen LogP contribution in [0.4, 0.5) is 0 Å². The first-order valence-electron chi connectivity index (χ1n) is 11.6. The molecule has 2 heterocycles. The van der Waals surface area contributed by atoms with E-state index in [4.69, 9.17) is 9.47 Å². The Kier molecular flexibility index (Phi) is 5.88. The molecule has 0 radical (unpaired) electrons. The smallest absolute Gasteiger partial charge is 0.258 e. The zero-order valence-corrected chi connectivity index (χ0v) is 20.2. The van der Waals surface area contributed by atoms with E-state index in [0.717, 1.165) is 59.6 Å². The molecule has 3 aromatic carbocycles. The Labute approximate surface area is 200 Å². The van der Waals surface area contributed by atoms with Gasteiger partial charge in [-0.05, 0) is 59.2 Å². The summed E-state index contributed by atoms with van der Waals surface area (Å²) in [5, 5.41) is 1.62. The van der Waals surface area contributed by atoms with Crippen molar-refractivity contribution in [3.8, 4) is 22.6 Å². The first kappa shape index (κ1) is 22.2. The molecule has 0 bridgehead atoms. The summed E-state index contributed by atoms with van der Waals surface area (Å²) in [4.78, 5) is 15.1. The van der Waals surface area contributed by atoms with Gasteiger partial charge in [-0.1, -0.05) is 36.4 Å². The van der Waals surface area contributed by atoms with Gasteiger partial charge < -0.3 is 14.0 Å². The summed E-state index contributed by atoms with van der Waals surface area (Å²) in [6.07, 6.45) is 2.94. The Bertz CT molecular complexity index is 1410. The number of rotatable bonds is 5. The van der Waals surface area contributed by atoms with Gasteiger partial charge in [-0.2, -0.15) is 0 Å². The standard InChI is InChI=1S/C29H30N2O3/c1-19-8-7-9-20-16-31(13-12-22(19)20)18-26-27(33-3)14-21(15-28(26)34-4)25-17-30(2)29(32)24-11-6-5-10-23(24)25/h5-11,14-15,17H,12-13,16,18H2,1-4H3. The van der Waals surface area contributed by atoms with Crippen molar-refractivity contribution < 1.29 is 9.47 Å². The van der Waals surface area contributed by atoms with Gasteiger partial charge in [-0.25, -0.2) is 0 Å². The maximum absolute atomic E-state index is 12.7. The van der Waals surface area contributed by atoms with Crippen LogP contribution in [0.15, 0.2) is 65.6 Å². The third kappa shape index (κ3) is 3.86. The summed E-state index contributed by atoms with van der Waals surface area (Å²) >= 11 is 0. The predicted octanol–water partition coefficient (Wildman–Crippen LogP) is 5.09. The Balaban J connectivity index is 1.56. The Hall–Kier alpha value is -3.57. The van der Waals surface area contributed by atoms with Gasteiger partial charge in [0.25, 0.3) is 5.56 Å². The molecule has 0 saturated carbocycles. The number of hydrogen-bond donors (Lipinski definition) is 0. The molecule has 0 unspecified atom stereocenters. The molecule has 4 aromatic rings. The van der Waals surface area contributed by atoms with Crippen LogP contribution in [0.2, 0.25) is 0 Å². The number of methoxy groups -OCH3 is 2. The number of hydrogen-bond acceptors (Lipinski definition) is 4. The molecule has 0 N–H and O–H groups in total. The molecule has 34 heavy (non-hydrogen) atoms. The number of pyridine rings is 1. The van der Waals surface area contributed by atoms with Crippen molar-refractivity contribution in [2.45, 2.75) is 26.4 Å². The molecule has 1 aliphatic rings. The highest BCUT2D eigenvalue weighted by Gasteiger charge is 2.22. The molecule has 0 atom stereocenters. The normalized spacial score (nSPS) is 13.6. The zero-order valence-electron chi connectivity index (χ0n) is 20.2. The van der Waals surface area contributed by atoms with E-state index in [-0.39, 0.29) is 5.56 Å². The summed E-state index contributed by atoms with van der Waals surface area (Å²) in [5.41, 5.74) is 7.23. The summed E-state index contributed by atoms with van der Waals surface area (Å²) in [6.45, 7) is 4.85. The molecule has 5 nitrogen and oxygen atoms in total. The second-order valence-corrected chi connectivity index (χ2v) is 9.04. The van der Waals surface area contributed by atoms with E-state index in [0.29, 0.717) is 5.39 Å². The van der Waals surface area contributed by atoms with Gasteiger partial charge in [0.2, 0.25) is 0 Å². The van der Waals surface area contributed by atoms with Gasteiger partial charge in [-0.3, -0.25) is 9.69 Å². The average molecular weight is 455 g/mol. The molecule has 1 aromatic heterocycles. The topological polar surface area (TPSA) is 43.7 Å². The van der Waals surface area contributed by atoms with E-state index in [1.54, 1.807) is 25.8 Å². The number of nitrogens with zero attached hydrogens (tertiary/aromatic N) is 2. The molecule has 0 saturated heterocycles. The van der Waals surface area contributed by atoms with Crippen LogP contribution in [0.25, 0.3) is 21.9 Å². The van der Waals surface area contributed by atoms with Crippen LogP contribution < -0.4 is 15.0 Å². The lowest BCUT2D eigenvalue weighted by Gasteiger charge is -2.30. The average Bonchev–Trinajstić information content (AvgIpc) is 2.86. The van der Waals surface area contributed by atoms with Crippen LogP contribution in [0.3, 0.4) is 0 Å².